The van der Waals surface area contributed by atoms with Crippen LogP contribution in [-0.4, -0.2) is 26.5 Å². The number of ether oxygens (including phenoxy) is 1. The van der Waals surface area contributed by atoms with Gasteiger partial charge >= 0.3 is 18.3 Å². The average Bonchev–Trinajstić information content (AvgIpc) is 2.57. The van der Waals surface area contributed by atoms with E-state index >= 15 is 0 Å². The molecule has 0 bridgehead atoms. The van der Waals surface area contributed by atoms with Crippen molar-refractivity contribution in [2.24, 2.45) is 0 Å². The Kier molecular flexibility index (Phi) is 6.19. The predicted molar refractivity (Wildman–Crippen MR) is 89.4 cm³/mol. The standard InChI is InChI=1S/C18H17F6N3O2/c1-16(2,3)29-13(28)5-4-10-6-12(14(25-7-10)17(19,20)21)11-8-26-15(27-9-11)18(22,23)24/h6-9H,4-5H2,1-3H3. The molecule has 2 rings (SSSR count). The smallest absolute Gasteiger partial charge is 0.451 e. The topological polar surface area (TPSA) is 65.0 Å². The van der Waals surface area contributed by atoms with Crippen molar-refractivity contribution in [1.29, 1.82) is 0 Å². The molecule has 0 aromatic carbocycles. The highest BCUT2D eigenvalue weighted by molar-refractivity contribution is 5.70. The molecule has 0 radical (unpaired) electrons. The van der Waals surface area contributed by atoms with Crippen LogP contribution in [0.4, 0.5) is 26.3 Å². The summed E-state index contributed by atoms with van der Waals surface area (Å²) in [6.45, 7) is 5.02. The summed E-state index contributed by atoms with van der Waals surface area (Å²) in [5, 5.41) is 0. The third-order valence-electron chi connectivity index (χ3n) is 3.47. The fourth-order valence-corrected chi connectivity index (χ4v) is 2.34. The number of alkyl halides is 6. The number of nitrogens with zero attached hydrogens (tertiary/aromatic N) is 3. The Balaban J connectivity index is 2.34. The number of pyridine rings is 1. The van der Waals surface area contributed by atoms with Gasteiger partial charge in [0.25, 0.3) is 0 Å². The maximum absolute atomic E-state index is 13.3. The Bertz CT molecular complexity index is 871. The molecule has 0 amide bonds. The molecule has 0 unspecified atom stereocenters. The fourth-order valence-electron chi connectivity index (χ4n) is 2.34. The van der Waals surface area contributed by atoms with Crippen molar-refractivity contribution >= 4 is 5.97 Å². The summed E-state index contributed by atoms with van der Waals surface area (Å²) in [5.41, 5.74) is -2.48. The highest BCUT2D eigenvalue weighted by Gasteiger charge is 2.37. The number of carbonyl (C=O) groups excluding carboxylic acids is 1. The van der Waals surface area contributed by atoms with E-state index in [2.05, 4.69) is 15.0 Å². The summed E-state index contributed by atoms with van der Waals surface area (Å²) in [5.74, 6) is -2.01. The van der Waals surface area contributed by atoms with Crippen molar-refractivity contribution in [1.82, 2.24) is 15.0 Å². The highest BCUT2D eigenvalue weighted by atomic mass is 19.4. The lowest BCUT2D eigenvalue weighted by atomic mass is 10.0. The van der Waals surface area contributed by atoms with Crippen LogP contribution in [0.3, 0.4) is 0 Å². The lowest BCUT2D eigenvalue weighted by Gasteiger charge is -2.19. The molecule has 11 heteroatoms. The summed E-state index contributed by atoms with van der Waals surface area (Å²) in [6, 6.07) is 1.10. The second-order valence-corrected chi connectivity index (χ2v) is 7.12. The maximum Gasteiger partial charge on any atom is 0.451 e. The molecule has 5 nitrogen and oxygen atoms in total. The number of rotatable bonds is 4. The minimum Gasteiger partial charge on any atom is -0.460 e. The molecule has 0 fully saturated rings. The van der Waals surface area contributed by atoms with Crippen LogP contribution in [0.2, 0.25) is 0 Å². The first-order chi connectivity index (χ1) is 13.2. The average molecular weight is 421 g/mol. The molecule has 0 aliphatic rings. The van der Waals surface area contributed by atoms with Crippen LogP contribution in [0.5, 0.6) is 0 Å². The third kappa shape index (κ3) is 6.40. The molecule has 0 spiro atoms. The molecule has 2 aromatic heterocycles. The molecule has 0 aliphatic heterocycles. The van der Waals surface area contributed by atoms with Gasteiger partial charge in [0.15, 0.2) is 5.69 Å². The Labute approximate surface area is 162 Å². The maximum atomic E-state index is 13.3. The number of carbonyl (C=O) groups is 1. The van der Waals surface area contributed by atoms with Crippen molar-refractivity contribution in [2.45, 2.75) is 51.6 Å². The normalized spacial score (nSPS) is 12.7. The second-order valence-electron chi connectivity index (χ2n) is 7.12. The zero-order chi connectivity index (χ0) is 22.0. The van der Waals surface area contributed by atoms with Crippen molar-refractivity contribution in [3.8, 4) is 11.1 Å². The van der Waals surface area contributed by atoms with Crippen LogP contribution in [0, 0.1) is 0 Å². The first-order valence-corrected chi connectivity index (χ1v) is 8.34. The molecule has 29 heavy (non-hydrogen) atoms. The molecular formula is C18H17F6N3O2. The quantitative estimate of drug-likeness (QED) is 0.522. The van der Waals surface area contributed by atoms with E-state index in [1.54, 1.807) is 20.8 Å². The van der Waals surface area contributed by atoms with E-state index in [0.717, 1.165) is 12.3 Å². The van der Waals surface area contributed by atoms with Gasteiger partial charge in [0.05, 0.1) is 0 Å². The first-order valence-electron chi connectivity index (χ1n) is 8.34. The van der Waals surface area contributed by atoms with Gasteiger partial charge < -0.3 is 4.74 Å². The zero-order valence-electron chi connectivity index (χ0n) is 15.6. The molecule has 2 heterocycles. The van der Waals surface area contributed by atoms with E-state index in [0.29, 0.717) is 12.4 Å². The Morgan fingerprint density at radius 2 is 1.52 bits per heavy atom. The summed E-state index contributed by atoms with van der Waals surface area (Å²) in [4.78, 5) is 21.4. The van der Waals surface area contributed by atoms with Gasteiger partial charge in [-0.2, -0.15) is 26.3 Å². The fraction of sp³-hybridized carbons (Fsp3) is 0.444. The molecule has 2 aromatic rings. The van der Waals surface area contributed by atoms with E-state index in [1.807, 2.05) is 0 Å². The summed E-state index contributed by atoms with van der Waals surface area (Å²) in [6.07, 6.45) is -7.47. The summed E-state index contributed by atoms with van der Waals surface area (Å²) in [7, 11) is 0. The minimum absolute atomic E-state index is 0.0363. The molecule has 0 aliphatic carbocycles. The molecule has 0 N–H and O–H groups in total. The summed E-state index contributed by atoms with van der Waals surface area (Å²) >= 11 is 0. The molecule has 0 atom stereocenters. The number of hydrogen-bond acceptors (Lipinski definition) is 5. The summed E-state index contributed by atoms with van der Waals surface area (Å²) < 4.78 is 82.7. The SMILES string of the molecule is CC(C)(C)OC(=O)CCc1cnc(C(F)(F)F)c(-c2cnc(C(F)(F)F)nc2)c1. The van der Waals surface area contributed by atoms with Gasteiger partial charge in [-0.15, -0.1) is 0 Å². The molecule has 158 valence electrons. The lowest BCUT2D eigenvalue weighted by Crippen LogP contribution is -2.24. The van der Waals surface area contributed by atoms with Crippen molar-refractivity contribution in [3.63, 3.8) is 0 Å². The highest BCUT2D eigenvalue weighted by Crippen LogP contribution is 2.36. The number of aromatic nitrogens is 3. The van der Waals surface area contributed by atoms with Crippen molar-refractivity contribution < 1.29 is 35.9 Å². The van der Waals surface area contributed by atoms with E-state index in [9.17, 15) is 31.1 Å². The molecular weight excluding hydrogens is 404 g/mol. The van der Waals surface area contributed by atoms with E-state index in [-0.39, 0.29) is 24.0 Å². The number of aryl methyl sites for hydroxylation is 1. The van der Waals surface area contributed by atoms with Gasteiger partial charge in [-0.25, -0.2) is 9.97 Å². The van der Waals surface area contributed by atoms with Crippen LogP contribution in [0.25, 0.3) is 11.1 Å². The predicted octanol–water partition coefficient (Wildman–Crippen LogP) is 4.85. The Morgan fingerprint density at radius 1 is 0.931 bits per heavy atom. The van der Waals surface area contributed by atoms with Gasteiger partial charge in [-0.3, -0.25) is 9.78 Å². The van der Waals surface area contributed by atoms with Crippen molar-refractivity contribution in [3.05, 3.63) is 41.7 Å². The van der Waals surface area contributed by atoms with E-state index in [1.165, 1.54) is 0 Å². The van der Waals surface area contributed by atoms with Crippen LogP contribution in [0.15, 0.2) is 24.7 Å². The largest absolute Gasteiger partial charge is 0.460 e. The monoisotopic (exact) mass is 421 g/mol. The van der Waals surface area contributed by atoms with Crippen LogP contribution < -0.4 is 0 Å². The van der Waals surface area contributed by atoms with Crippen molar-refractivity contribution in [2.75, 3.05) is 0 Å². The van der Waals surface area contributed by atoms with E-state index < -0.39 is 41.0 Å². The van der Waals surface area contributed by atoms with Crippen LogP contribution in [0.1, 0.15) is 44.3 Å². The minimum atomic E-state index is -4.85. The number of esters is 1. The Morgan fingerprint density at radius 3 is 2.00 bits per heavy atom. The molecule has 0 saturated heterocycles. The molecule has 0 saturated carbocycles. The van der Waals surface area contributed by atoms with Crippen LogP contribution >= 0.6 is 0 Å². The number of halogens is 6. The number of hydrogen-bond donors (Lipinski definition) is 0. The zero-order valence-corrected chi connectivity index (χ0v) is 15.6. The van der Waals surface area contributed by atoms with Gasteiger partial charge in [0.1, 0.15) is 5.60 Å². The van der Waals surface area contributed by atoms with E-state index in [4.69, 9.17) is 4.74 Å². The van der Waals surface area contributed by atoms with Gasteiger partial charge in [0, 0.05) is 36.1 Å². The van der Waals surface area contributed by atoms with Gasteiger partial charge in [0.2, 0.25) is 5.82 Å². The Hall–Kier alpha value is -2.72. The first kappa shape index (κ1) is 22.6. The van der Waals surface area contributed by atoms with Gasteiger partial charge in [-0.1, -0.05) is 0 Å². The van der Waals surface area contributed by atoms with Crippen LogP contribution in [-0.2, 0) is 28.3 Å². The van der Waals surface area contributed by atoms with Gasteiger partial charge in [-0.05, 0) is 38.8 Å². The second kappa shape index (κ2) is 7.96. The lowest BCUT2D eigenvalue weighted by molar-refractivity contribution is -0.154. The third-order valence-corrected chi connectivity index (χ3v) is 3.47.